The molecule has 3 heteroatoms. The van der Waals surface area contributed by atoms with Gasteiger partial charge in [0.15, 0.2) is 0 Å². The molecule has 3 nitrogen and oxygen atoms in total. The topological polar surface area (TPSA) is 34.9 Å². The van der Waals surface area contributed by atoms with Gasteiger partial charge in [-0.15, -0.1) is 0 Å². The lowest BCUT2D eigenvalue weighted by molar-refractivity contribution is 0.639. The minimum absolute atomic E-state index is 0.00994. The zero-order chi connectivity index (χ0) is 16.5. The van der Waals surface area contributed by atoms with Crippen LogP contribution in [0, 0.1) is 0 Å². The van der Waals surface area contributed by atoms with Crippen molar-refractivity contribution in [2.24, 2.45) is 0 Å². The highest BCUT2D eigenvalue weighted by Gasteiger charge is 2.11. The largest absolute Gasteiger partial charge is 0.292 e. The first kappa shape index (κ1) is 17.6. The van der Waals surface area contributed by atoms with E-state index < -0.39 is 0 Å². The van der Waals surface area contributed by atoms with Crippen LogP contribution in [-0.2, 0) is 6.54 Å². The van der Waals surface area contributed by atoms with E-state index >= 15 is 0 Å². The van der Waals surface area contributed by atoms with Gasteiger partial charge in [-0.05, 0) is 18.6 Å². The average molecular weight is 296 g/mol. The van der Waals surface area contributed by atoms with E-state index in [0.29, 0.717) is 23.3 Å². The second-order valence-electron chi connectivity index (χ2n) is 4.47. The molecule has 2 rings (SSSR count). The molecule has 0 aliphatic heterocycles. The van der Waals surface area contributed by atoms with Crippen LogP contribution in [0.4, 0.5) is 0 Å². The fourth-order valence-corrected chi connectivity index (χ4v) is 2.18. The Morgan fingerprint density at radius 2 is 1.95 bits per heavy atom. The molecule has 1 heterocycles. The number of benzene rings is 1. The van der Waals surface area contributed by atoms with Crippen LogP contribution in [0.5, 0.6) is 0 Å². The molecule has 0 unspecified atom stereocenters. The maximum absolute atomic E-state index is 12.6. The Labute approximate surface area is 132 Å². The standard InChI is InChI=1S/C17H18N2O.C2H6/c1-4-9-13(6-3)16-18-15-11-8-7-10-14(15)17(20)19(16)12-5-2;1-2/h4,6-11H,1,3,5,12H2,2H3;1-2H3/b13-9+;. The molecule has 0 fully saturated rings. The number of allylic oxidation sites excluding steroid dienone is 4. The van der Waals surface area contributed by atoms with E-state index in [-0.39, 0.29) is 5.56 Å². The third-order valence-electron chi connectivity index (χ3n) is 3.08. The fourth-order valence-electron chi connectivity index (χ4n) is 2.18. The number of fused-ring (bicyclic) bond motifs is 1. The quantitative estimate of drug-likeness (QED) is 0.756. The smallest absolute Gasteiger partial charge is 0.261 e. The number of aromatic nitrogens is 2. The molecular formula is C19H24N2O. The summed E-state index contributed by atoms with van der Waals surface area (Å²) in [7, 11) is 0. The molecule has 1 aromatic heterocycles. The first-order valence-corrected chi connectivity index (χ1v) is 7.68. The van der Waals surface area contributed by atoms with E-state index in [9.17, 15) is 4.79 Å². The normalized spacial score (nSPS) is 10.8. The molecule has 0 amide bonds. The molecular weight excluding hydrogens is 272 g/mol. The van der Waals surface area contributed by atoms with Gasteiger partial charge in [-0.3, -0.25) is 9.36 Å². The Morgan fingerprint density at radius 1 is 1.27 bits per heavy atom. The van der Waals surface area contributed by atoms with Crippen LogP contribution in [0.3, 0.4) is 0 Å². The molecule has 0 spiro atoms. The van der Waals surface area contributed by atoms with E-state index in [1.165, 1.54) is 0 Å². The van der Waals surface area contributed by atoms with Gasteiger partial charge in [0.1, 0.15) is 5.82 Å². The Kier molecular flexibility index (Phi) is 7.03. The second kappa shape index (κ2) is 8.78. The van der Waals surface area contributed by atoms with Crippen LogP contribution in [0.2, 0.25) is 0 Å². The van der Waals surface area contributed by atoms with Crippen molar-refractivity contribution >= 4 is 16.5 Å². The van der Waals surface area contributed by atoms with Crippen LogP contribution in [0.25, 0.3) is 16.5 Å². The van der Waals surface area contributed by atoms with Crippen LogP contribution in [0.1, 0.15) is 33.0 Å². The summed E-state index contributed by atoms with van der Waals surface area (Å²) < 4.78 is 1.71. The van der Waals surface area contributed by atoms with Crippen LogP contribution in [-0.4, -0.2) is 9.55 Å². The monoisotopic (exact) mass is 296 g/mol. The first-order valence-electron chi connectivity index (χ1n) is 7.68. The highest BCUT2D eigenvalue weighted by atomic mass is 16.1. The third kappa shape index (κ3) is 3.61. The molecule has 0 bridgehead atoms. The Bertz CT molecular complexity index is 739. The number of para-hydroxylation sites is 1. The van der Waals surface area contributed by atoms with Gasteiger partial charge in [0.25, 0.3) is 5.56 Å². The summed E-state index contributed by atoms with van der Waals surface area (Å²) in [6.45, 7) is 14.2. The summed E-state index contributed by atoms with van der Waals surface area (Å²) in [5.74, 6) is 0.644. The van der Waals surface area contributed by atoms with E-state index in [1.54, 1.807) is 16.7 Å². The van der Waals surface area contributed by atoms with E-state index in [2.05, 4.69) is 18.1 Å². The molecule has 0 saturated carbocycles. The number of nitrogens with zero attached hydrogens (tertiary/aromatic N) is 2. The highest BCUT2D eigenvalue weighted by Crippen LogP contribution is 2.16. The summed E-state index contributed by atoms with van der Waals surface area (Å²) in [5, 5.41) is 0.645. The molecule has 1 aromatic carbocycles. The predicted octanol–water partition coefficient (Wildman–Crippen LogP) is 4.59. The minimum Gasteiger partial charge on any atom is -0.292 e. The lowest BCUT2D eigenvalue weighted by Gasteiger charge is -2.13. The van der Waals surface area contributed by atoms with E-state index in [4.69, 9.17) is 0 Å². The highest BCUT2D eigenvalue weighted by molar-refractivity contribution is 5.80. The summed E-state index contributed by atoms with van der Waals surface area (Å²) in [4.78, 5) is 17.2. The molecule has 0 saturated heterocycles. The van der Waals surface area contributed by atoms with Gasteiger partial charge >= 0.3 is 0 Å². The van der Waals surface area contributed by atoms with Crippen molar-refractivity contribution in [1.29, 1.82) is 0 Å². The number of rotatable bonds is 5. The average Bonchev–Trinajstić information content (AvgIpc) is 2.57. The van der Waals surface area contributed by atoms with Crippen LogP contribution in [0.15, 0.2) is 60.4 Å². The van der Waals surface area contributed by atoms with Gasteiger partial charge in [-0.1, -0.05) is 64.3 Å². The number of hydrogen-bond donors (Lipinski definition) is 0. The molecule has 0 aliphatic carbocycles. The molecule has 0 radical (unpaired) electrons. The van der Waals surface area contributed by atoms with E-state index in [0.717, 1.165) is 12.0 Å². The van der Waals surface area contributed by atoms with Crippen molar-refractivity contribution in [3.05, 3.63) is 71.8 Å². The molecule has 0 N–H and O–H groups in total. The zero-order valence-electron chi connectivity index (χ0n) is 13.7. The van der Waals surface area contributed by atoms with Gasteiger partial charge in [-0.2, -0.15) is 0 Å². The van der Waals surface area contributed by atoms with Crippen LogP contribution >= 0.6 is 0 Å². The lowest BCUT2D eigenvalue weighted by Crippen LogP contribution is -2.24. The van der Waals surface area contributed by atoms with Crippen LogP contribution < -0.4 is 5.56 Å². The Balaban J connectivity index is 0.00000116. The summed E-state index contributed by atoms with van der Waals surface area (Å²) >= 11 is 0. The van der Waals surface area contributed by atoms with Crippen molar-refractivity contribution in [2.75, 3.05) is 0 Å². The zero-order valence-corrected chi connectivity index (χ0v) is 13.7. The van der Waals surface area contributed by atoms with Gasteiger partial charge in [0.2, 0.25) is 0 Å². The van der Waals surface area contributed by atoms with Gasteiger partial charge in [0.05, 0.1) is 10.9 Å². The molecule has 2 aromatic rings. The summed E-state index contributed by atoms with van der Waals surface area (Å²) in [5.41, 5.74) is 1.50. The summed E-state index contributed by atoms with van der Waals surface area (Å²) in [6, 6.07) is 7.40. The minimum atomic E-state index is -0.00994. The van der Waals surface area contributed by atoms with Crippen molar-refractivity contribution in [2.45, 2.75) is 33.7 Å². The molecule has 22 heavy (non-hydrogen) atoms. The SMILES string of the molecule is C=C/C=C(\C=C)c1nc2ccccc2c(=O)n1CCC.CC. The van der Waals surface area contributed by atoms with Crippen molar-refractivity contribution < 1.29 is 0 Å². The second-order valence-corrected chi connectivity index (χ2v) is 4.47. The Morgan fingerprint density at radius 3 is 2.55 bits per heavy atom. The third-order valence-corrected chi connectivity index (χ3v) is 3.08. The van der Waals surface area contributed by atoms with Gasteiger partial charge in [0, 0.05) is 12.1 Å². The lowest BCUT2D eigenvalue weighted by atomic mass is 10.2. The molecule has 0 atom stereocenters. The molecule has 116 valence electrons. The van der Waals surface area contributed by atoms with Crippen molar-refractivity contribution in [3.8, 4) is 0 Å². The van der Waals surface area contributed by atoms with Gasteiger partial charge < -0.3 is 0 Å². The first-order chi connectivity index (χ1) is 10.7. The maximum Gasteiger partial charge on any atom is 0.261 e. The van der Waals surface area contributed by atoms with E-state index in [1.807, 2.05) is 51.1 Å². The predicted molar refractivity (Wildman–Crippen MR) is 96.0 cm³/mol. The maximum atomic E-state index is 12.6. The Hall–Kier alpha value is -2.42. The van der Waals surface area contributed by atoms with Gasteiger partial charge in [-0.25, -0.2) is 4.98 Å². The van der Waals surface area contributed by atoms with Crippen molar-refractivity contribution in [1.82, 2.24) is 9.55 Å². The number of hydrogen-bond acceptors (Lipinski definition) is 2. The molecule has 0 aliphatic rings. The fraction of sp³-hybridized carbons (Fsp3) is 0.263. The summed E-state index contributed by atoms with van der Waals surface area (Å²) in [6.07, 6.45) is 6.06. The van der Waals surface area contributed by atoms with Crippen molar-refractivity contribution in [3.63, 3.8) is 0 Å².